The molecule has 0 atom stereocenters. The summed E-state index contributed by atoms with van der Waals surface area (Å²) < 4.78 is 8.77. The standard InChI is InChI=1S/C28H17NO/c1-2-8-19-17-20(14-13-18(19)7-1)29-25-11-5-3-9-21(25)23-15-16-24-22-10-4-6-12-26(22)30-28(24)27(23)29/h1-17H. The molecular weight excluding hydrogens is 366 g/mol. The van der Waals surface area contributed by atoms with Crippen molar-refractivity contribution >= 4 is 54.5 Å². The molecule has 0 saturated heterocycles. The average Bonchev–Trinajstić information content (AvgIpc) is 3.34. The molecule has 2 aromatic heterocycles. The van der Waals surface area contributed by atoms with Gasteiger partial charge in [0, 0.05) is 27.2 Å². The first-order valence-corrected chi connectivity index (χ1v) is 10.2. The fraction of sp³-hybridized carbons (Fsp3) is 0. The molecule has 0 saturated carbocycles. The van der Waals surface area contributed by atoms with Crippen LogP contribution in [0, 0.1) is 0 Å². The van der Waals surface area contributed by atoms with Gasteiger partial charge in [-0.15, -0.1) is 0 Å². The van der Waals surface area contributed by atoms with Crippen LogP contribution < -0.4 is 0 Å². The summed E-state index contributed by atoms with van der Waals surface area (Å²) in [5.74, 6) is 0. The molecule has 0 unspecified atom stereocenters. The van der Waals surface area contributed by atoms with E-state index in [1.165, 1.54) is 27.1 Å². The number of rotatable bonds is 1. The van der Waals surface area contributed by atoms with Crippen molar-refractivity contribution in [3.8, 4) is 5.69 Å². The van der Waals surface area contributed by atoms with E-state index in [2.05, 4.69) is 95.6 Å². The summed E-state index contributed by atoms with van der Waals surface area (Å²) in [7, 11) is 0. The molecule has 0 radical (unpaired) electrons. The second-order valence-corrected chi connectivity index (χ2v) is 7.82. The summed E-state index contributed by atoms with van der Waals surface area (Å²) in [6, 6.07) is 36.5. The van der Waals surface area contributed by atoms with E-state index in [1.807, 2.05) is 12.1 Å². The molecule has 0 bridgehead atoms. The van der Waals surface area contributed by atoms with Crippen LogP contribution in [0.1, 0.15) is 0 Å². The maximum Gasteiger partial charge on any atom is 0.160 e. The lowest BCUT2D eigenvalue weighted by atomic mass is 10.1. The van der Waals surface area contributed by atoms with E-state index in [0.29, 0.717) is 0 Å². The van der Waals surface area contributed by atoms with Crippen molar-refractivity contribution in [1.82, 2.24) is 4.57 Å². The average molecular weight is 383 g/mol. The minimum Gasteiger partial charge on any atom is -0.454 e. The van der Waals surface area contributed by atoms with Crippen molar-refractivity contribution < 1.29 is 4.42 Å². The fourth-order valence-corrected chi connectivity index (χ4v) is 4.81. The minimum atomic E-state index is 0.926. The quantitative estimate of drug-likeness (QED) is 0.282. The number of hydrogen-bond donors (Lipinski definition) is 0. The highest BCUT2D eigenvalue weighted by atomic mass is 16.3. The molecule has 30 heavy (non-hydrogen) atoms. The Balaban J connectivity index is 1.71. The maximum absolute atomic E-state index is 6.42. The minimum absolute atomic E-state index is 0.926. The molecule has 2 heteroatoms. The van der Waals surface area contributed by atoms with Crippen LogP contribution in [0.5, 0.6) is 0 Å². The summed E-state index contributed by atoms with van der Waals surface area (Å²) in [6.45, 7) is 0. The summed E-state index contributed by atoms with van der Waals surface area (Å²) in [5.41, 5.74) is 5.33. The van der Waals surface area contributed by atoms with Crippen molar-refractivity contribution in [3.63, 3.8) is 0 Å². The van der Waals surface area contributed by atoms with Crippen LogP contribution in [0.3, 0.4) is 0 Å². The predicted molar refractivity (Wildman–Crippen MR) is 126 cm³/mol. The Bertz CT molecular complexity index is 1750. The van der Waals surface area contributed by atoms with Crippen LogP contribution >= 0.6 is 0 Å². The lowest BCUT2D eigenvalue weighted by molar-refractivity contribution is 0.671. The van der Waals surface area contributed by atoms with Gasteiger partial charge in [-0.3, -0.25) is 0 Å². The summed E-state index contributed by atoms with van der Waals surface area (Å²) in [5, 5.41) is 7.25. The Labute approximate surface area is 172 Å². The maximum atomic E-state index is 6.42. The molecule has 0 aliphatic rings. The molecule has 0 N–H and O–H groups in total. The Morgan fingerprint density at radius 2 is 1.27 bits per heavy atom. The van der Waals surface area contributed by atoms with E-state index in [-0.39, 0.29) is 0 Å². The summed E-state index contributed by atoms with van der Waals surface area (Å²) >= 11 is 0. The molecule has 2 nitrogen and oxygen atoms in total. The fourth-order valence-electron chi connectivity index (χ4n) is 4.81. The second kappa shape index (κ2) is 5.74. The van der Waals surface area contributed by atoms with Crippen LogP contribution in [-0.2, 0) is 0 Å². The number of hydrogen-bond acceptors (Lipinski definition) is 1. The van der Waals surface area contributed by atoms with E-state index in [1.54, 1.807) is 0 Å². The van der Waals surface area contributed by atoms with E-state index in [0.717, 1.165) is 33.1 Å². The summed E-state index contributed by atoms with van der Waals surface area (Å²) in [4.78, 5) is 0. The zero-order valence-electron chi connectivity index (χ0n) is 16.2. The van der Waals surface area contributed by atoms with Gasteiger partial charge in [0.05, 0.1) is 11.0 Å². The van der Waals surface area contributed by atoms with Gasteiger partial charge >= 0.3 is 0 Å². The lowest BCUT2D eigenvalue weighted by Crippen LogP contribution is -1.94. The number of para-hydroxylation sites is 2. The smallest absolute Gasteiger partial charge is 0.160 e. The molecule has 0 aliphatic heterocycles. The molecule has 0 fully saturated rings. The van der Waals surface area contributed by atoms with Crippen molar-refractivity contribution in [2.45, 2.75) is 0 Å². The molecule has 7 rings (SSSR count). The highest BCUT2D eigenvalue weighted by Crippen LogP contribution is 2.40. The molecule has 140 valence electrons. The molecule has 2 heterocycles. The molecular formula is C28H17NO. The summed E-state index contributed by atoms with van der Waals surface area (Å²) in [6.07, 6.45) is 0. The van der Waals surface area contributed by atoms with E-state index >= 15 is 0 Å². The molecule has 7 aromatic rings. The molecule has 0 spiro atoms. The van der Waals surface area contributed by atoms with Gasteiger partial charge in [-0.25, -0.2) is 0 Å². The van der Waals surface area contributed by atoms with Gasteiger partial charge in [-0.2, -0.15) is 0 Å². The third-order valence-electron chi connectivity index (χ3n) is 6.17. The number of benzene rings is 5. The van der Waals surface area contributed by atoms with E-state index in [4.69, 9.17) is 4.42 Å². The van der Waals surface area contributed by atoms with Crippen LogP contribution in [0.25, 0.3) is 60.2 Å². The highest BCUT2D eigenvalue weighted by molar-refractivity contribution is 6.21. The zero-order valence-corrected chi connectivity index (χ0v) is 16.2. The van der Waals surface area contributed by atoms with Crippen LogP contribution in [0.15, 0.2) is 108 Å². The normalized spacial score (nSPS) is 12.0. The number of fused-ring (bicyclic) bond motifs is 8. The zero-order chi connectivity index (χ0) is 19.7. The van der Waals surface area contributed by atoms with Crippen LogP contribution in [-0.4, -0.2) is 4.57 Å². The first-order valence-electron chi connectivity index (χ1n) is 10.2. The molecule has 5 aromatic carbocycles. The van der Waals surface area contributed by atoms with Gasteiger partial charge in [0.25, 0.3) is 0 Å². The van der Waals surface area contributed by atoms with Gasteiger partial charge in [0.2, 0.25) is 0 Å². The van der Waals surface area contributed by atoms with Crippen LogP contribution in [0.2, 0.25) is 0 Å². The van der Waals surface area contributed by atoms with Gasteiger partial charge in [0.1, 0.15) is 5.58 Å². The van der Waals surface area contributed by atoms with Gasteiger partial charge < -0.3 is 8.98 Å². The van der Waals surface area contributed by atoms with Crippen LogP contribution in [0.4, 0.5) is 0 Å². The van der Waals surface area contributed by atoms with Crippen molar-refractivity contribution in [3.05, 3.63) is 103 Å². The Morgan fingerprint density at radius 1 is 0.533 bits per heavy atom. The number of furan rings is 1. The Kier molecular flexibility index (Phi) is 3.03. The topological polar surface area (TPSA) is 18.1 Å². The number of aromatic nitrogens is 1. The Hall–Kier alpha value is -4.04. The Morgan fingerprint density at radius 3 is 2.20 bits per heavy atom. The van der Waals surface area contributed by atoms with Crippen molar-refractivity contribution in [2.75, 3.05) is 0 Å². The first-order chi connectivity index (χ1) is 14.9. The third-order valence-corrected chi connectivity index (χ3v) is 6.17. The lowest BCUT2D eigenvalue weighted by Gasteiger charge is -2.09. The van der Waals surface area contributed by atoms with E-state index in [9.17, 15) is 0 Å². The van der Waals surface area contributed by atoms with Gasteiger partial charge in [-0.1, -0.05) is 72.8 Å². The predicted octanol–water partition coefficient (Wildman–Crippen LogP) is 7.84. The molecule has 0 aliphatic carbocycles. The van der Waals surface area contributed by atoms with E-state index < -0.39 is 0 Å². The SMILES string of the molecule is c1ccc2cc(-n3c4ccccc4c4ccc5c6ccccc6oc5c43)ccc2c1. The van der Waals surface area contributed by atoms with Gasteiger partial charge in [0.15, 0.2) is 5.58 Å². The molecule has 0 amide bonds. The largest absolute Gasteiger partial charge is 0.454 e. The van der Waals surface area contributed by atoms with Crippen molar-refractivity contribution in [2.24, 2.45) is 0 Å². The first kappa shape index (κ1) is 15.8. The highest BCUT2D eigenvalue weighted by Gasteiger charge is 2.18. The third kappa shape index (κ3) is 2.03. The van der Waals surface area contributed by atoms with Gasteiger partial charge in [-0.05, 0) is 41.1 Å². The second-order valence-electron chi connectivity index (χ2n) is 7.82. The monoisotopic (exact) mass is 383 g/mol. The van der Waals surface area contributed by atoms with Crippen molar-refractivity contribution in [1.29, 1.82) is 0 Å². The number of nitrogens with zero attached hydrogens (tertiary/aromatic N) is 1.